The first-order valence-corrected chi connectivity index (χ1v) is 7.58. The van der Waals surface area contributed by atoms with E-state index in [-0.39, 0.29) is 5.91 Å². The lowest BCUT2D eigenvalue weighted by Gasteiger charge is -2.09. The summed E-state index contributed by atoms with van der Waals surface area (Å²) in [6.07, 6.45) is 5.00. The Labute approximate surface area is 140 Å². The van der Waals surface area contributed by atoms with Gasteiger partial charge in [-0.15, -0.1) is 0 Å². The Kier molecular flexibility index (Phi) is 4.98. The summed E-state index contributed by atoms with van der Waals surface area (Å²) in [7, 11) is 1.60. The van der Waals surface area contributed by atoms with Crippen LogP contribution in [-0.4, -0.2) is 27.8 Å². The van der Waals surface area contributed by atoms with Crippen LogP contribution >= 0.6 is 0 Å². The quantitative estimate of drug-likeness (QED) is 0.756. The van der Waals surface area contributed by atoms with Gasteiger partial charge in [0.25, 0.3) is 5.91 Å². The van der Waals surface area contributed by atoms with Crippen LogP contribution in [-0.2, 0) is 17.9 Å². The number of para-hydroxylation sites is 1. The minimum atomic E-state index is -0.187. The van der Waals surface area contributed by atoms with Gasteiger partial charge in [-0.3, -0.25) is 9.78 Å². The number of amides is 1. The Hall–Kier alpha value is -2.99. The first-order chi connectivity index (χ1) is 11.8. The fourth-order valence-electron chi connectivity index (χ4n) is 2.41. The fourth-order valence-corrected chi connectivity index (χ4v) is 2.41. The summed E-state index contributed by atoms with van der Waals surface area (Å²) in [5.74, 6) is -0.187. The summed E-state index contributed by atoms with van der Waals surface area (Å²) in [4.78, 5) is 16.6. The van der Waals surface area contributed by atoms with Crippen molar-refractivity contribution in [1.29, 1.82) is 0 Å². The highest BCUT2D eigenvalue weighted by molar-refractivity contribution is 5.95. The topological polar surface area (TPSA) is 69.0 Å². The van der Waals surface area contributed by atoms with Gasteiger partial charge in [0.15, 0.2) is 0 Å². The van der Waals surface area contributed by atoms with Crippen LogP contribution in [0.3, 0.4) is 0 Å². The van der Waals surface area contributed by atoms with Crippen molar-refractivity contribution >= 4 is 5.91 Å². The summed E-state index contributed by atoms with van der Waals surface area (Å²) < 4.78 is 6.98. The molecular weight excluding hydrogens is 304 g/mol. The van der Waals surface area contributed by atoms with Crippen LogP contribution in [0.15, 0.2) is 61.1 Å². The summed E-state index contributed by atoms with van der Waals surface area (Å²) in [5.41, 5.74) is 3.04. The molecule has 3 aromatic rings. The van der Waals surface area contributed by atoms with Crippen molar-refractivity contribution in [2.75, 3.05) is 7.11 Å². The van der Waals surface area contributed by atoms with Crippen LogP contribution in [0, 0.1) is 0 Å². The second kappa shape index (κ2) is 7.52. The van der Waals surface area contributed by atoms with E-state index in [4.69, 9.17) is 4.74 Å². The number of rotatable bonds is 6. The zero-order valence-electron chi connectivity index (χ0n) is 13.3. The van der Waals surface area contributed by atoms with E-state index in [1.54, 1.807) is 30.4 Å². The lowest BCUT2D eigenvalue weighted by atomic mass is 10.2. The number of pyridine rings is 1. The molecule has 0 spiro atoms. The van der Waals surface area contributed by atoms with E-state index in [2.05, 4.69) is 15.4 Å². The van der Waals surface area contributed by atoms with E-state index in [1.807, 2.05) is 42.5 Å². The van der Waals surface area contributed by atoms with Gasteiger partial charge in [-0.1, -0.05) is 24.3 Å². The number of carbonyl (C=O) groups is 1. The van der Waals surface area contributed by atoms with Crippen LogP contribution in [0.25, 0.3) is 5.69 Å². The first-order valence-electron chi connectivity index (χ1n) is 7.58. The summed E-state index contributed by atoms with van der Waals surface area (Å²) in [6, 6.07) is 13.4. The molecule has 0 atom stereocenters. The summed E-state index contributed by atoms with van der Waals surface area (Å²) in [6.45, 7) is 0.708. The highest BCUT2D eigenvalue weighted by Crippen LogP contribution is 2.16. The molecule has 6 heteroatoms. The van der Waals surface area contributed by atoms with Gasteiger partial charge >= 0.3 is 0 Å². The number of ether oxygens (including phenoxy) is 1. The third-order valence-electron chi connectivity index (χ3n) is 3.57. The molecule has 0 aliphatic rings. The number of carbonyl (C=O) groups excluding carboxylic acids is 1. The largest absolute Gasteiger partial charge is 0.378 e. The Bertz CT molecular complexity index is 800. The molecule has 0 aliphatic carbocycles. The second-order valence-electron chi connectivity index (χ2n) is 5.23. The van der Waals surface area contributed by atoms with Gasteiger partial charge in [-0.25, -0.2) is 4.68 Å². The smallest absolute Gasteiger partial charge is 0.255 e. The molecule has 1 N–H and O–H groups in total. The van der Waals surface area contributed by atoms with Gasteiger partial charge in [0.1, 0.15) is 0 Å². The normalized spacial score (nSPS) is 10.5. The van der Waals surface area contributed by atoms with Crippen LogP contribution < -0.4 is 5.32 Å². The van der Waals surface area contributed by atoms with Gasteiger partial charge in [0, 0.05) is 26.0 Å². The highest BCUT2D eigenvalue weighted by atomic mass is 16.5. The van der Waals surface area contributed by atoms with Crippen molar-refractivity contribution in [3.8, 4) is 5.69 Å². The van der Waals surface area contributed by atoms with E-state index >= 15 is 0 Å². The van der Waals surface area contributed by atoms with Gasteiger partial charge < -0.3 is 10.1 Å². The summed E-state index contributed by atoms with van der Waals surface area (Å²) in [5, 5.41) is 7.24. The molecule has 0 radical (unpaired) electrons. The molecule has 3 rings (SSSR count). The average molecular weight is 322 g/mol. The lowest BCUT2D eigenvalue weighted by molar-refractivity contribution is 0.0945. The molecule has 0 aliphatic heterocycles. The maximum Gasteiger partial charge on any atom is 0.255 e. The van der Waals surface area contributed by atoms with Crippen LogP contribution in [0.4, 0.5) is 0 Å². The number of benzene rings is 1. The molecule has 0 saturated heterocycles. The first kappa shape index (κ1) is 15.9. The number of methoxy groups -OCH3 is 1. The number of nitrogens with zero attached hydrogens (tertiary/aromatic N) is 3. The second-order valence-corrected chi connectivity index (χ2v) is 5.23. The predicted molar refractivity (Wildman–Crippen MR) is 89.7 cm³/mol. The van der Waals surface area contributed by atoms with E-state index in [0.29, 0.717) is 24.4 Å². The zero-order valence-corrected chi connectivity index (χ0v) is 13.3. The molecular formula is C18H18N4O2. The van der Waals surface area contributed by atoms with E-state index in [9.17, 15) is 4.79 Å². The molecule has 0 bridgehead atoms. The molecule has 2 heterocycles. The Morgan fingerprint density at radius 1 is 1.17 bits per heavy atom. The minimum absolute atomic E-state index is 0.187. The van der Waals surface area contributed by atoms with Gasteiger partial charge in [0.2, 0.25) is 0 Å². The van der Waals surface area contributed by atoms with Crippen molar-refractivity contribution < 1.29 is 9.53 Å². The number of hydrogen-bond acceptors (Lipinski definition) is 4. The maximum absolute atomic E-state index is 12.5. The Balaban J connectivity index is 1.82. The lowest BCUT2D eigenvalue weighted by Crippen LogP contribution is -2.24. The average Bonchev–Trinajstić information content (AvgIpc) is 3.05. The molecule has 0 saturated carbocycles. The standard InChI is InChI=1S/C18H18N4O2/c1-24-13-17-16(12-21-22(17)15-7-3-2-4-8-15)18(23)20-11-14-6-5-9-19-10-14/h2-10,12H,11,13H2,1H3,(H,20,23). The number of hydrogen-bond donors (Lipinski definition) is 1. The van der Waals surface area contributed by atoms with Crippen molar-refractivity contribution in [2.24, 2.45) is 0 Å². The molecule has 1 aromatic carbocycles. The van der Waals surface area contributed by atoms with Crippen molar-refractivity contribution in [3.63, 3.8) is 0 Å². The Morgan fingerprint density at radius 2 is 2.00 bits per heavy atom. The van der Waals surface area contributed by atoms with E-state index < -0.39 is 0 Å². The van der Waals surface area contributed by atoms with Crippen molar-refractivity contribution in [2.45, 2.75) is 13.2 Å². The van der Waals surface area contributed by atoms with Crippen LogP contribution in [0.5, 0.6) is 0 Å². The monoisotopic (exact) mass is 322 g/mol. The third kappa shape index (κ3) is 3.49. The van der Waals surface area contributed by atoms with Crippen LogP contribution in [0.1, 0.15) is 21.6 Å². The van der Waals surface area contributed by atoms with Gasteiger partial charge in [0.05, 0.1) is 29.7 Å². The van der Waals surface area contributed by atoms with Crippen molar-refractivity contribution in [1.82, 2.24) is 20.1 Å². The maximum atomic E-state index is 12.5. The number of aromatic nitrogens is 3. The van der Waals surface area contributed by atoms with Gasteiger partial charge in [-0.2, -0.15) is 5.10 Å². The molecule has 2 aromatic heterocycles. The molecule has 0 fully saturated rings. The van der Waals surface area contributed by atoms with Crippen molar-refractivity contribution in [3.05, 3.63) is 77.9 Å². The summed E-state index contributed by atoms with van der Waals surface area (Å²) >= 11 is 0. The number of nitrogens with one attached hydrogen (secondary N) is 1. The Morgan fingerprint density at radius 3 is 2.71 bits per heavy atom. The van der Waals surface area contributed by atoms with Crippen LogP contribution in [0.2, 0.25) is 0 Å². The molecule has 0 unspecified atom stereocenters. The molecule has 122 valence electrons. The zero-order chi connectivity index (χ0) is 16.8. The van der Waals surface area contributed by atoms with E-state index in [1.165, 1.54) is 0 Å². The van der Waals surface area contributed by atoms with Gasteiger partial charge in [-0.05, 0) is 23.8 Å². The highest BCUT2D eigenvalue weighted by Gasteiger charge is 2.18. The molecule has 1 amide bonds. The predicted octanol–water partition coefficient (Wildman–Crippen LogP) is 2.34. The van der Waals surface area contributed by atoms with E-state index in [0.717, 1.165) is 11.3 Å². The SMILES string of the molecule is COCc1c(C(=O)NCc2cccnc2)cnn1-c1ccccc1. The minimum Gasteiger partial charge on any atom is -0.378 e. The fraction of sp³-hybridized carbons (Fsp3) is 0.167. The molecule has 6 nitrogen and oxygen atoms in total. The molecule has 24 heavy (non-hydrogen) atoms. The third-order valence-corrected chi connectivity index (χ3v) is 3.57.